The Morgan fingerprint density at radius 3 is 3.09 bits per heavy atom. The molecule has 0 aliphatic carbocycles. The normalized spacial score (nSPS) is 18.0. The number of nitrogens with two attached hydrogens (primary N) is 1. The molecule has 4 aromatic rings. The number of aromatic amines is 1. The van der Waals surface area contributed by atoms with Crippen molar-refractivity contribution in [3.05, 3.63) is 66.2 Å². The first-order valence-corrected chi connectivity index (χ1v) is 10.7. The van der Waals surface area contributed by atoms with Crippen LogP contribution in [-0.2, 0) is 11.3 Å². The third-order valence-electron chi connectivity index (χ3n) is 6.29. The van der Waals surface area contributed by atoms with Crippen molar-refractivity contribution < 1.29 is 9.13 Å². The molecule has 162 valence electrons. The Morgan fingerprint density at radius 2 is 2.16 bits per heavy atom. The Kier molecular flexibility index (Phi) is 4.46. The highest BCUT2D eigenvalue weighted by Crippen LogP contribution is 2.38. The Hall–Kier alpha value is -3.65. The quantitative estimate of drug-likeness (QED) is 0.484. The molecule has 1 fully saturated rings. The van der Waals surface area contributed by atoms with Crippen LogP contribution in [0.25, 0.3) is 22.3 Å². The van der Waals surface area contributed by atoms with E-state index in [1.165, 1.54) is 6.07 Å². The standard InChI is InChI=1S/C24H23FN6O/c25-20-5-4-16(26)10-15(20)12-30-13-17-14-32-9-8-31(17)24-22(30)11-28-23(29-24)19-2-1-3-21-18(19)6-7-27-21/h1-7,10-11,17,27H,8-9,12-14,26H2. The van der Waals surface area contributed by atoms with Crippen molar-refractivity contribution >= 4 is 28.1 Å². The molecule has 6 rings (SSSR count). The summed E-state index contributed by atoms with van der Waals surface area (Å²) in [5.41, 5.74) is 9.95. The predicted molar refractivity (Wildman–Crippen MR) is 123 cm³/mol. The number of anilines is 3. The summed E-state index contributed by atoms with van der Waals surface area (Å²) in [5.74, 6) is 1.28. The van der Waals surface area contributed by atoms with Gasteiger partial charge in [0.2, 0.25) is 0 Å². The summed E-state index contributed by atoms with van der Waals surface area (Å²) in [7, 11) is 0. The predicted octanol–water partition coefficient (Wildman–Crippen LogP) is 3.57. The van der Waals surface area contributed by atoms with Crippen molar-refractivity contribution in [1.29, 1.82) is 0 Å². The Bertz CT molecular complexity index is 1300. The Balaban J connectivity index is 1.44. The van der Waals surface area contributed by atoms with Crippen LogP contribution in [0, 0.1) is 5.82 Å². The van der Waals surface area contributed by atoms with E-state index in [-0.39, 0.29) is 11.9 Å². The van der Waals surface area contributed by atoms with Gasteiger partial charge in [0.05, 0.1) is 31.1 Å². The van der Waals surface area contributed by atoms with Crippen molar-refractivity contribution in [3.63, 3.8) is 0 Å². The number of nitrogens with one attached hydrogen (secondary N) is 1. The summed E-state index contributed by atoms with van der Waals surface area (Å²) in [6, 6.07) is 13.0. The molecular formula is C24H23FN6O. The zero-order valence-electron chi connectivity index (χ0n) is 17.5. The van der Waals surface area contributed by atoms with E-state index < -0.39 is 0 Å². The minimum Gasteiger partial charge on any atom is -0.399 e. The number of nitrogens with zero attached hydrogens (tertiary/aromatic N) is 4. The van der Waals surface area contributed by atoms with Gasteiger partial charge < -0.3 is 25.3 Å². The zero-order chi connectivity index (χ0) is 21.7. The SMILES string of the molecule is Nc1ccc(F)c(CN2CC3COCCN3c3nc(-c4cccc5[nH]ccc45)ncc32)c1. The lowest BCUT2D eigenvalue weighted by Gasteiger charge is -2.45. The van der Waals surface area contributed by atoms with Gasteiger partial charge in [-0.25, -0.2) is 14.4 Å². The summed E-state index contributed by atoms with van der Waals surface area (Å²) in [6.45, 7) is 3.14. The minimum absolute atomic E-state index is 0.145. The van der Waals surface area contributed by atoms with Crippen LogP contribution >= 0.6 is 0 Å². The lowest BCUT2D eigenvalue weighted by molar-refractivity contribution is 0.0936. The highest BCUT2D eigenvalue weighted by atomic mass is 19.1. The van der Waals surface area contributed by atoms with Gasteiger partial charge in [0.15, 0.2) is 11.6 Å². The second-order valence-corrected chi connectivity index (χ2v) is 8.30. The van der Waals surface area contributed by atoms with Crippen molar-refractivity contribution in [2.45, 2.75) is 12.6 Å². The van der Waals surface area contributed by atoms with Crippen LogP contribution < -0.4 is 15.5 Å². The first-order valence-electron chi connectivity index (χ1n) is 10.7. The summed E-state index contributed by atoms with van der Waals surface area (Å²) < 4.78 is 20.2. The number of fused-ring (bicyclic) bond motifs is 4. The fourth-order valence-corrected chi connectivity index (χ4v) is 4.72. The van der Waals surface area contributed by atoms with E-state index in [1.54, 1.807) is 12.1 Å². The molecule has 8 heteroatoms. The van der Waals surface area contributed by atoms with Crippen molar-refractivity contribution in [2.75, 3.05) is 41.8 Å². The first-order chi connectivity index (χ1) is 15.7. The van der Waals surface area contributed by atoms with Crippen LogP contribution in [0.5, 0.6) is 0 Å². The molecule has 0 spiro atoms. The monoisotopic (exact) mass is 430 g/mol. The third kappa shape index (κ3) is 3.15. The minimum atomic E-state index is -0.264. The van der Waals surface area contributed by atoms with Crippen LogP contribution in [0.4, 0.5) is 21.6 Å². The van der Waals surface area contributed by atoms with Crippen LogP contribution in [0.15, 0.2) is 54.9 Å². The third-order valence-corrected chi connectivity index (χ3v) is 6.29. The van der Waals surface area contributed by atoms with E-state index in [0.29, 0.717) is 43.4 Å². The van der Waals surface area contributed by atoms with Gasteiger partial charge in [-0.3, -0.25) is 0 Å². The maximum atomic E-state index is 14.5. The number of hydrogen-bond donors (Lipinski definition) is 2. The van der Waals surface area contributed by atoms with Crippen molar-refractivity contribution in [3.8, 4) is 11.4 Å². The van der Waals surface area contributed by atoms with Gasteiger partial charge in [0.1, 0.15) is 5.82 Å². The van der Waals surface area contributed by atoms with Crippen molar-refractivity contribution in [2.24, 2.45) is 0 Å². The summed E-state index contributed by atoms with van der Waals surface area (Å²) >= 11 is 0. The van der Waals surface area contributed by atoms with Gasteiger partial charge in [-0.05, 0) is 30.3 Å². The number of ether oxygens (including phenoxy) is 1. The van der Waals surface area contributed by atoms with Gasteiger partial charge >= 0.3 is 0 Å². The average molecular weight is 430 g/mol. The van der Waals surface area contributed by atoms with E-state index >= 15 is 0 Å². The molecule has 2 aliphatic rings. The van der Waals surface area contributed by atoms with Crippen molar-refractivity contribution in [1.82, 2.24) is 15.0 Å². The van der Waals surface area contributed by atoms with Crippen LogP contribution in [-0.4, -0.2) is 47.3 Å². The largest absolute Gasteiger partial charge is 0.399 e. The molecule has 2 aromatic heterocycles. The number of halogens is 1. The van der Waals surface area contributed by atoms with E-state index in [0.717, 1.165) is 34.5 Å². The van der Waals surface area contributed by atoms with E-state index in [2.05, 4.69) is 14.8 Å². The van der Waals surface area contributed by atoms with E-state index in [9.17, 15) is 4.39 Å². The second kappa shape index (κ2) is 7.49. The van der Waals surface area contributed by atoms with Crippen LogP contribution in [0.2, 0.25) is 0 Å². The maximum Gasteiger partial charge on any atom is 0.162 e. The zero-order valence-corrected chi connectivity index (χ0v) is 17.5. The molecule has 1 atom stereocenters. The maximum absolute atomic E-state index is 14.5. The summed E-state index contributed by atoms with van der Waals surface area (Å²) in [4.78, 5) is 17.4. The molecule has 0 amide bonds. The molecule has 2 aliphatic heterocycles. The fraction of sp³-hybridized carbons (Fsp3) is 0.250. The smallest absolute Gasteiger partial charge is 0.162 e. The van der Waals surface area contributed by atoms with E-state index in [4.69, 9.17) is 20.4 Å². The Morgan fingerprint density at radius 1 is 1.22 bits per heavy atom. The summed E-state index contributed by atoms with van der Waals surface area (Å²) in [5, 5.41) is 1.08. The van der Waals surface area contributed by atoms with Gasteiger partial charge in [-0.2, -0.15) is 0 Å². The molecule has 0 bridgehead atoms. The molecule has 32 heavy (non-hydrogen) atoms. The number of rotatable bonds is 3. The number of hydrogen-bond acceptors (Lipinski definition) is 6. The highest BCUT2D eigenvalue weighted by Gasteiger charge is 2.35. The molecule has 1 saturated heterocycles. The first kappa shape index (κ1) is 19.1. The molecule has 2 aromatic carbocycles. The van der Waals surface area contributed by atoms with Gasteiger partial charge in [0, 0.05) is 53.5 Å². The number of benzene rings is 2. The fourth-order valence-electron chi connectivity index (χ4n) is 4.72. The number of nitrogen functional groups attached to an aromatic ring is 1. The molecule has 3 N–H and O–H groups in total. The lowest BCUT2D eigenvalue weighted by atomic mass is 10.1. The molecule has 0 saturated carbocycles. The molecular weight excluding hydrogens is 407 g/mol. The lowest BCUT2D eigenvalue weighted by Crippen LogP contribution is -2.55. The topological polar surface area (TPSA) is 83.3 Å². The summed E-state index contributed by atoms with van der Waals surface area (Å²) in [6.07, 6.45) is 3.78. The highest BCUT2D eigenvalue weighted by molar-refractivity contribution is 5.93. The van der Waals surface area contributed by atoms with Gasteiger partial charge in [-0.15, -0.1) is 0 Å². The number of aromatic nitrogens is 3. The van der Waals surface area contributed by atoms with Crippen LogP contribution in [0.1, 0.15) is 5.56 Å². The van der Waals surface area contributed by atoms with Gasteiger partial charge in [0.25, 0.3) is 0 Å². The van der Waals surface area contributed by atoms with Crippen LogP contribution in [0.3, 0.4) is 0 Å². The Labute approximate surface area is 184 Å². The number of morpholine rings is 1. The average Bonchev–Trinajstić information content (AvgIpc) is 3.30. The molecule has 4 heterocycles. The molecule has 1 unspecified atom stereocenters. The second-order valence-electron chi connectivity index (χ2n) is 8.30. The van der Waals surface area contributed by atoms with Gasteiger partial charge in [-0.1, -0.05) is 12.1 Å². The molecule has 7 nitrogen and oxygen atoms in total. The number of H-pyrrole nitrogens is 1. The van der Waals surface area contributed by atoms with E-state index in [1.807, 2.05) is 36.7 Å². The molecule has 0 radical (unpaired) electrons.